The summed E-state index contributed by atoms with van der Waals surface area (Å²) in [6, 6.07) is 78.0. The van der Waals surface area contributed by atoms with Gasteiger partial charge in [-0.2, -0.15) is 0 Å². The molecule has 3 aromatic heterocycles. The van der Waals surface area contributed by atoms with Gasteiger partial charge in [0.1, 0.15) is 0 Å². The first kappa shape index (κ1) is 36.4. The summed E-state index contributed by atoms with van der Waals surface area (Å²) in [6.07, 6.45) is 0. The zero-order chi connectivity index (χ0) is 42.1. The van der Waals surface area contributed by atoms with Crippen molar-refractivity contribution in [3.8, 4) is 62.1 Å². The molecule has 0 aliphatic rings. The van der Waals surface area contributed by atoms with Crippen molar-refractivity contribution in [3.05, 3.63) is 218 Å². The number of benzene rings is 10. The van der Waals surface area contributed by atoms with Crippen LogP contribution in [0.3, 0.4) is 0 Å². The highest BCUT2D eigenvalue weighted by atomic mass is 32.1. The first-order valence-electron chi connectivity index (χ1n) is 21.6. The molecule has 10 aromatic carbocycles. The lowest BCUT2D eigenvalue weighted by Gasteiger charge is -2.14. The van der Waals surface area contributed by atoms with Crippen LogP contribution in [0.5, 0.6) is 0 Å². The fourth-order valence-corrected chi connectivity index (χ4v) is 10.8. The van der Waals surface area contributed by atoms with E-state index in [-0.39, 0.29) is 0 Å². The Bertz CT molecular complexity index is 3860. The largest absolute Gasteiger partial charge is 0.308 e. The molecule has 0 saturated heterocycles. The molecule has 0 N–H and O–H groups in total. The maximum absolute atomic E-state index is 5.42. The molecule has 0 atom stereocenters. The molecule has 13 rings (SSSR count). The quantitative estimate of drug-likeness (QED) is 0.168. The molecule has 0 aliphatic heterocycles. The van der Waals surface area contributed by atoms with E-state index in [4.69, 9.17) is 15.0 Å². The molecule has 0 unspecified atom stereocenters. The van der Waals surface area contributed by atoms with E-state index in [1.54, 1.807) is 0 Å². The van der Waals surface area contributed by atoms with E-state index in [0.717, 1.165) is 50.0 Å². The van der Waals surface area contributed by atoms with Crippen LogP contribution < -0.4 is 0 Å². The zero-order valence-electron chi connectivity index (χ0n) is 34.5. The Balaban J connectivity index is 1.10. The van der Waals surface area contributed by atoms with Gasteiger partial charge in [0, 0.05) is 42.9 Å². The van der Waals surface area contributed by atoms with Gasteiger partial charge in [0.05, 0.1) is 21.4 Å². The van der Waals surface area contributed by atoms with Gasteiger partial charge in [-0.25, -0.2) is 15.0 Å². The number of para-hydroxylation sites is 1. The van der Waals surface area contributed by atoms with Crippen LogP contribution in [0.4, 0.5) is 0 Å². The molecule has 0 saturated carbocycles. The lowest BCUT2D eigenvalue weighted by atomic mass is 10.0. The van der Waals surface area contributed by atoms with Crippen LogP contribution in [-0.4, -0.2) is 19.5 Å². The average molecular weight is 833 g/mol. The van der Waals surface area contributed by atoms with Gasteiger partial charge in [0.15, 0.2) is 17.5 Å². The van der Waals surface area contributed by atoms with Gasteiger partial charge < -0.3 is 4.57 Å². The molecule has 0 aliphatic carbocycles. The van der Waals surface area contributed by atoms with Crippen LogP contribution in [0.25, 0.3) is 126 Å². The predicted octanol–water partition coefficient (Wildman–Crippen LogP) is 16.0. The molecular formula is C59H36N4S. The van der Waals surface area contributed by atoms with Gasteiger partial charge in [0.25, 0.3) is 0 Å². The number of fused-ring (bicyclic) bond motifs is 8. The third kappa shape index (κ3) is 6.01. The molecule has 0 bridgehead atoms. The van der Waals surface area contributed by atoms with E-state index in [2.05, 4.69) is 211 Å². The number of hydrogen-bond acceptors (Lipinski definition) is 4. The van der Waals surface area contributed by atoms with Crippen molar-refractivity contribution in [1.29, 1.82) is 0 Å². The van der Waals surface area contributed by atoms with E-state index in [1.807, 2.05) is 23.5 Å². The summed E-state index contributed by atoms with van der Waals surface area (Å²) in [5.74, 6) is 1.88. The van der Waals surface area contributed by atoms with Gasteiger partial charge in [-0.05, 0) is 98.4 Å². The third-order valence-corrected chi connectivity index (χ3v) is 13.8. The number of rotatable bonds is 6. The minimum Gasteiger partial charge on any atom is -0.308 e. The second-order valence-corrected chi connectivity index (χ2v) is 17.5. The lowest BCUT2D eigenvalue weighted by Crippen LogP contribution is -2.01. The normalized spacial score (nSPS) is 11.8. The van der Waals surface area contributed by atoms with Crippen LogP contribution in [0, 0.1) is 0 Å². The van der Waals surface area contributed by atoms with Gasteiger partial charge >= 0.3 is 0 Å². The predicted molar refractivity (Wildman–Crippen MR) is 269 cm³/mol. The highest BCUT2D eigenvalue weighted by molar-refractivity contribution is 7.26. The van der Waals surface area contributed by atoms with Crippen molar-refractivity contribution >= 4 is 74.9 Å². The van der Waals surface area contributed by atoms with Crippen molar-refractivity contribution in [2.75, 3.05) is 0 Å². The molecule has 5 heteroatoms. The molecule has 0 amide bonds. The van der Waals surface area contributed by atoms with Crippen LogP contribution >= 0.6 is 11.3 Å². The van der Waals surface area contributed by atoms with Crippen molar-refractivity contribution in [2.45, 2.75) is 0 Å². The summed E-state index contributed by atoms with van der Waals surface area (Å²) < 4.78 is 4.86. The van der Waals surface area contributed by atoms with Gasteiger partial charge in [-0.15, -0.1) is 11.3 Å². The van der Waals surface area contributed by atoms with Crippen LogP contribution in [-0.2, 0) is 0 Å². The fraction of sp³-hybridized carbons (Fsp3) is 0. The Labute approximate surface area is 373 Å². The maximum Gasteiger partial charge on any atom is 0.164 e. The number of thiophene rings is 1. The highest BCUT2D eigenvalue weighted by Gasteiger charge is 2.23. The second kappa shape index (κ2) is 14.7. The zero-order valence-corrected chi connectivity index (χ0v) is 35.3. The number of nitrogens with zero attached hydrogens (tertiary/aromatic N) is 4. The minimum absolute atomic E-state index is 0.624. The Morgan fingerprint density at radius 3 is 1.47 bits per heavy atom. The highest BCUT2D eigenvalue weighted by Crippen LogP contribution is 2.46. The molecule has 298 valence electrons. The molecular weight excluding hydrogens is 797 g/mol. The summed E-state index contributed by atoms with van der Waals surface area (Å²) in [5, 5.41) is 9.65. The van der Waals surface area contributed by atoms with Crippen LogP contribution in [0.2, 0.25) is 0 Å². The van der Waals surface area contributed by atoms with E-state index >= 15 is 0 Å². The second-order valence-electron chi connectivity index (χ2n) is 16.4. The standard InChI is InChI=1S/C59H36N4S/c1-3-15-37(16-4-1)39-23-13-25-45(31-39)57-60-58(46-26-14-24-40(32-46)38-17-5-2-6-18-38)62-59(61-57)48-29-30-52(56-55(48)50-34-42-20-8-10-22-44(42)36-54(50)64-56)63-51-28-12-11-27-47(51)49-33-41-19-7-9-21-43(41)35-53(49)63/h1-36H. The van der Waals surface area contributed by atoms with Gasteiger partial charge in [0.2, 0.25) is 0 Å². The van der Waals surface area contributed by atoms with E-state index in [0.29, 0.717) is 17.5 Å². The van der Waals surface area contributed by atoms with Crippen molar-refractivity contribution in [2.24, 2.45) is 0 Å². The molecule has 3 heterocycles. The average Bonchev–Trinajstić information content (AvgIpc) is 3.90. The molecule has 0 fully saturated rings. The summed E-state index contributed by atoms with van der Waals surface area (Å²) in [7, 11) is 0. The summed E-state index contributed by atoms with van der Waals surface area (Å²) >= 11 is 1.84. The molecule has 13 aromatic rings. The molecule has 64 heavy (non-hydrogen) atoms. The lowest BCUT2D eigenvalue weighted by molar-refractivity contribution is 1.08. The first-order valence-corrected chi connectivity index (χ1v) is 22.4. The van der Waals surface area contributed by atoms with E-state index < -0.39 is 0 Å². The third-order valence-electron chi connectivity index (χ3n) is 12.6. The van der Waals surface area contributed by atoms with E-state index in [9.17, 15) is 0 Å². The number of aromatic nitrogens is 4. The molecule has 0 spiro atoms. The van der Waals surface area contributed by atoms with Crippen molar-refractivity contribution in [1.82, 2.24) is 19.5 Å². The minimum atomic E-state index is 0.624. The van der Waals surface area contributed by atoms with E-state index in [1.165, 1.54) is 58.1 Å². The fourth-order valence-electron chi connectivity index (χ4n) is 9.52. The topological polar surface area (TPSA) is 43.6 Å². The smallest absolute Gasteiger partial charge is 0.164 e. The monoisotopic (exact) mass is 832 g/mol. The van der Waals surface area contributed by atoms with Gasteiger partial charge in [-0.3, -0.25) is 0 Å². The summed E-state index contributed by atoms with van der Waals surface area (Å²) in [5.41, 5.74) is 10.8. The van der Waals surface area contributed by atoms with Crippen molar-refractivity contribution < 1.29 is 0 Å². The Morgan fingerprint density at radius 1 is 0.328 bits per heavy atom. The maximum atomic E-state index is 5.42. The van der Waals surface area contributed by atoms with Crippen LogP contribution in [0.1, 0.15) is 0 Å². The molecule has 0 radical (unpaired) electrons. The Morgan fingerprint density at radius 2 is 0.828 bits per heavy atom. The Hall–Kier alpha value is -8.25. The summed E-state index contributed by atoms with van der Waals surface area (Å²) in [4.78, 5) is 16.1. The number of hydrogen-bond donors (Lipinski definition) is 0. The SMILES string of the molecule is c1ccc(-c2cccc(-c3nc(-c4cccc(-c5ccccc5)c4)nc(-c4ccc(-n5c6ccccc6c6cc7ccccc7cc65)c5sc6cc7ccccc7cc6c45)n3)c2)cc1. The van der Waals surface area contributed by atoms with Gasteiger partial charge in [-0.1, -0.05) is 164 Å². The summed E-state index contributed by atoms with van der Waals surface area (Å²) in [6.45, 7) is 0. The van der Waals surface area contributed by atoms with Crippen LogP contribution in [0.15, 0.2) is 218 Å². The molecule has 4 nitrogen and oxygen atoms in total. The Kier molecular flexibility index (Phi) is 8.36. The van der Waals surface area contributed by atoms with Crippen molar-refractivity contribution in [3.63, 3.8) is 0 Å². The first-order chi connectivity index (χ1) is 31.7.